The third-order valence-electron chi connectivity index (χ3n) is 1.63. The van der Waals surface area contributed by atoms with E-state index >= 15 is 0 Å². The Morgan fingerprint density at radius 2 is 1.92 bits per heavy atom. The van der Waals surface area contributed by atoms with E-state index in [-0.39, 0.29) is 0 Å². The second kappa shape index (κ2) is 5.09. The molecule has 0 amide bonds. The van der Waals surface area contributed by atoms with Crippen molar-refractivity contribution < 1.29 is 4.79 Å². The molecular weight excluding hydrogens is 160 g/mol. The third kappa shape index (κ3) is 3.52. The molecule has 1 aromatic carbocycles. The Kier molecular flexibility index (Phi) is 3.71. The molecule has 0 saturated carbocycles. The Hall–Kier alpha value is -1.63. The highest BCUT2D eigenvalue weighted by Gasteiger charge is 1.85. The summed E-state index contributed by atoms with van der Waals surface area (Å²) in [4.78, 5) is 10.0. The average molecular weight is 172 g/mol. The van der Waals surface area contributed by atoms with Crippen LogP contribution in [0.4, 0.5) is 0 Å². The molecule has 0 aliphatic carbocycles. The standard InChI is InChI=1S/C12H12O/c1-11(6-5-9-13)10-12-7-3-2-4-8-12/h2-10H,1H3/b6-5+,11-10+. The molecule has 1 rings (SSSR count). The van der Waals surface area contributed by atoms with Gasteiger partial charge < -0.3 is 0 Å². The second-order valence-electron chi connectivity index (χ2n) is 2.79. The second-order valence-corrected chi connectivity index (χ2v) is 2.79. The van der Waals surface area contributed by atoms with Crippen LogP contribution in [0.1, 0.15) is 12.5 Å². The molecule has 0 spiro atoms. The zero-order valence-electron chi connectivity index (χ0n) is 7.60. The van der Waals surface area contributed by atoms with Crippen LogP contribution in [0.2, 0.25) is 0 Å². The van der Waals surface area contributed by atoms with Crippen molar-refractivity contribution in [2.75, 3.05) is 0 Å². The van der Waals surface area contributed by atoms with E-state index in [1.807, 2.05) is 43.3 Å². The van der Waals surface area contributed by atoms with Crippen LogP contribution in [0.25, 0.3) is 6.08 Å². The number of hydrogen-bond acceptors (Lipinski definition) is 1. The van der Waals surface area contributed by atoms with Crippen molar-refractivity contribution in [2.24, 2.45) is 0 Å². The fourth-order valence-corrected chi connectivity index (χ4v) is 1.05. The molecular formula is C12H12O. The highest BCUT2D eigenvalue weighted by atomic mass is 16.1. The Labute approximate surface area is 78.4 Å². The van der Waals surface area contributed by atoms with E-state index in [9.17, 15) is 4.79 Å². The molecule has 13 heavy (non-hydrogen) atoms. The average Bonchev–Trinajstić information content (AvgIpc) is 2.16. The lowest BCUT2D eigenvalue weighted by atomic mass is 10.1. The van der Waals surface area contributed by atoms with Crippen LogP contribution in [0.3, 0.4) is 0 Å². The maximum absolute atomic E-state index is 10.0. The zero-order chi connectivity index (χ0) is 9.52. The fourth-order valence-electron chi connectivity index (χ4n) is 1.05. The predicted octanol–water partition coefficient (Wildman–Crippen LogP) is 2.85. The van der Waals surface area contributed by atoms with Crippen LogP contribution >= 0.6 is 0 Å². The first kappa shape index (κ1) is 9.46. The molecule has 0 aliphatic rings. The summed E-state index contributed by atoms with van der Waals surface area (Å²) in [7, 11) is 0. The maximum Gasteiger partial charge on any atom is 0.142 e. The summed E-state index contributed by atoms with van der Waals surface area (Å²) < 4.78 is 0. The number of allylic oxidation sites excluding steroid dienone is 3. The van der Waals surface area contributed by atoms with Crippen molar-refractivity contribution >= 4 is 12.4 Å². The molecule has 1 heteroatoms. The highest BCUT2D eigenvalue weighted by Crippen LogP contribution is 2.06. The van der Waals surface area contributed by atoms with Gasteiger partial charge in [0, 0.05) is 0 Å². The van der Waals surface area contributed by atoms with Gasteiger partial charge in [-0.15, -0.1) is 0 Å². The van der Waals surface area contributed by atoms with Crippen LogP contribution < -0.4 is 0 Å². The summed E-state index contributed by atoms with van der Waals surface area (Å²) in [5.41, 5.74) is 2.22. The summed E-state index contributed by atoms with van der Waals surface area (Å²) in [6.45, 7) is 1.97. The van der Waals surface area contributed by atoms with Crippen molar-refractivity contribution in [1.29, 1.82) is 0 Å². The minimum atomic E-state index is 0.780. The first-order valence-corrected chi connectivity index (χ1v) is 4.18. The van der Waals surface area contributed by atoms with Gasteiger partial charge in [0.1, 0.15) is 6.29 Å². The number of carbonyl (C=O) groups is 1. The SMILES string of the molecule is CC(/C=C/C=O)=C\c1ccccc1. The van der Waals surface area contributed by atoms with Gasteiger partial charge >= 0.3 is 0 Å². The van der Waals surface area contributed by atoms with Gasteiger partial charge in [0.05, 0.1) is 0 Å². The first-order chi connectivity index (χ1) is 6.33. The van der Waals surface area contributed by atoms with Gasteiger partial charge in [0.15, 0.2) is 0 Å². The van der Waals surface area contributed by atoms with Crippen molar-refractivity contribution in [3.8, 4) is 0 Å². The van der Waals surface area contributed by atoms with Crippen LogP contribution in [-0.2, 0) is 4.79 Å². The van der Waals surface area contributed by atoms with Gasteiger partial charge in [-0.1, -0.05) is 48.1 Å². The van der Waals surface area contributed by atoms with Crippen molar-refractivity contribution in [2.45, 2.75) is 6.92 Å². The quantitative estimate of drug-likeness (QED) is 0.389. The van der Waals surface area contributed by atoms with E-state index in [2.05, 4.69) is 0 Å². The summed E-state index contributed by atoms with van der Waals surface area (Å²) in [6, 6.07) is 10.0. The normalized spacial score (nSPS) is 11.9. The van der Waals surface area contributed by atoms with Crippen molar-refractivity contribution in [3.05, 3.63) is 53.6 Å². The molecule has 0 heterocycles. The Morgan fingerprint density at radius 1 is 1.23 bits per heavy atom. The van der Waals surface area contributed by atoms with Gasteiger partial charge in [-0.25, -0.2) is 0 Å². The van der Waals surface area contributed by atoms with Gasteiger partial charge in [-0.3, -0.25) is 4.79 Å². The molecule has 0 radical (unpaired) electrons. The van der Waals surface area contributed by atoms with Gasteiger partial charge in [-0.2, -0.15) is 0 Å². The Balaban J connectivity index is 2.76. The minimum absolute atomic E-state index is 0.780. The van der Waals surface area contributed by atoms with E-state index in [0.29, 0.717) is 0 Å². The minimum Gasteiger partial charge on any atom is -0.299 e. The van der Waals surface area contributed by atoms with Crippen LogP contribution in [0.15, 0.2) is 48.1 Å². The van der Waals surface area contributed by atoms with E-state index in [1.165, 1.54) is 6.08 Å². The topological polar surface area (TPSA) is 17.1 Å². The lowest BCUT2D eigenvalue weighted by molar-refractivity contribution is -0.104. The molecule has 0 aliphatic heterocycles. The molecule has 0 unspecified atom stereocenters. The zero-order valence-corrected chi connectivity index (χ0v) is 7.60. The first-order valence-electron chi connectivity index (χ1n) is 4.18. The number of carbonyl (C=O) groups excluding carboxylic acids is 1. The summed E-state index contributed by atoms with van der Waals surface area (Å²) in [5.74, 6) is 0. The van der Waals surface area contributed by atoms with Gasteiger partial charge in [-0.05, 0) is 18.6 Å². The monoisotopic (exact) mass is 172 g/mol. The Bertz CT molecular complexity index is 320. The van der Waals surface area contributed by atoms with E-state index < -0.39 is 0 Å². The smallest absolute Gasteiger partial charge is 0.142 e. The lowest BCUT2D eigenvalue weighted by Gasteiger charge is -1.93. The molecule has 0 fully saturated rings. The van der Waals surface area contributed by atoms with Crippen molar-refractivity contribution in [3.63, 3.8) is 0 Å². The number of rotatable bonds is 3. The van der Waals surface area contributed by atoms with Crippen molar-refractivity contribution in [1.82, 2.24) is 0 Å². The summed E-state index contributed by atoms with van der Waals surface area (Å²) in [5, 5.41) is 0. The summed E-state index contributed by atoms with van der Waals surface area (Å²) >= 11 is 0. The summed E-state index contributed by atoms with van der Waals surface area (Å²) in [6.07, 6.45) is 6.09. The molecule has 0 bridgehead atoms. The Morgan fingerprint density at radius 3 is 2.54 bits per heavy atom. The molecule has 0 N–H and O–H groups in total. The maximum atomic E-state index is 10.0. The number of hydrogen-bond donors (Lipinski definition) is 0. The van der Waals surface area contributed by atoms with Crippen LogP contribution in [0.5, 0.6) is 0 Å². The van der Waals surface area contributed by atoms with Gasteiger partial charge in [0.25, 0.3) is 0 Å². The molecule has 0 aromatic heterocycles. The highest BCUT2D eigenvalue weighted by molar-refractivity contribution is 5.67. The molecule has 1 nitrogen and oxygen atoms in total. The molecule has 1 aromatic rings. The van der Waals surface area contributed by atoms with E-state index in [0.717, 1.165) is 17.4 Å². The molecule has 0 saturated heterocycles. The molecule has 0 atom stereocenters. The van der Waals surface area contributed by atoms with Crippen LogP contribution in [-0.4, -0.2) is 6.29 Å². The van der Waals surface area contributed by atoms with E-state index in [1.54, 1.807) is 6.08 Å². The largest absolute Gasteiger partial charge is 0.299 e. The predicted molar refractivity (Wildman–Crippen MR) is 55.3 cm³/mol. The third-order valence-corrected chi connectivity index (χ3v) is 1.63. The fraction of sp³-hybridized carbons (Fsp3) is 0.0833. The number of benzene rings is 1. The van der Waals surface area contributed by atoms with Crippen LogP contribution in [0, 0.1) is 0 Å². The molecule has 66 valence electrons. The number of aldehydes is 1. The van der Waals surface area contributed by atoms with Gasteiger partial charge in [0.2, 0.25) is 0 Å². The lowest BCUT2D eigenvalue weighted by Crippen LogP contribution is -1.72. The van der Waals surface area contributed by atoms with E-state index in [4.69, 9.17) is 0 Å².